The van der Waals surface area contributed by atoms with Gasteiger partial charge in [0.1, 0.15) is 12.4 Å². The lowest BCUT2D eigenvalue weighted by Crippen LogP contribution is -2.13. The van der Waals surface area contributed by atoms with Crippen molar-refractivity contribution < 1.29 is 4.74 Å². The van der Waals surface area contributed by atoms with Gasteiger partial charge in [0, 0.05) is 23.7 Å². The van der Waals surface area contributed by atoms with Crippen molar-refractivity contribution in [2.45, 2.75) is 19.7 Å². The SMILES string of the molecule is Clc1ccc(OCc2ccccc2)c(CNCc2ccccc2)c1. The molecule has 0 amide bonds. The fourth-order valence-corrected chi connectivity index (χ4v) is 2.69. The molecule has 3 aromatic carbocycles. The second-order valence-electron chi connectivity index (χ2n) is 5.62. The first-order valence-electron chi connectivity index (χ1n) is 8.01. The van der Waals surface area contributed by atoms with Crippen LogP contribution in [0.4, 0.5) is 0 Å². The smallest absolute Gasteiger partial charge is 0.124 e. The molecule has 0 heterocycles. The van der Waals surface area contributed by atoms with Crippen molar-refractivity contribution in [3.05, 3.63) is 101 Å². The summed E-state index contributed by atoms with van der Waals surface area (Å²) >= 11 is 6.15. The molecule has 0 fully saturated rings. The molecule has 3 heteroatoms. The van der Waals surface area contributed by atoms with E-state index in [1.54, 1.807) is 0 Å². The molecular weight excluding hydrogens is 318 g/mol. The highest BCUT2D eigenvalue weighted by molar-refractivity contribution is 6.30. The van der Waals surface area contributed by atoms with Gasteiger partial charge in [-0.05, 0) is 29.3 Å². The Kier molecular flexibility index (Phi) is 5.89. The summed E-state index contributed by atoms with van der Waals surface area (Å²) in [6, 6.07) is 26.2. The Labute approximate surface area is 148 Å². The van der Waals surface area contributed by atoms with Crippen molar-refractivity contribution in [3.63, 3.8) is 0 Å². The van der Waals surface area contributed by atoms with Crippen LogP contribution in [0.1, 0.15) is 16.7 Å². The van der Waals surface area contributed by atoms with E-state index in [-0.39, 0.29) is 0 Å². The molecule has 0 aliphatic carbocycles. The molecule has 0 aliphatic rings. The van der Waals surface area contributed by atoms with Crippen LogP contribution in [0.2, 0.25) is 5.02 Å². The van der Waals surface area contributed by atoms with E-state index in [1.807, 2.05) is 54.6 Å². The summed E-state index contributed by atoms with van der Waals surface area (Å²) < 4.78 is 5.98. The average Bonchev–Trinajstić information content (AvgIpc) is 2.63. The Morgan fingerprint density at radius 1 is 0.750 bits per heavy atom. The van der Waals surface area contributed by atoms with Gasteiger partial charge in [-0.2, -0.15) is 0 Å². The standard InChI is InChI=1S/C21H20ClNO/c22-20-11-12-21(24-16-18-9-5-2-6-10-18)19(13-20)15-23-14-17-7-3-1-4-8-17/h1-13,23H,14-16H2. The Balaban J connectivity index is 1.62. The van der Waals surface area contributed by atoms with Crippen LogP contribution in [0, 0.1) is 0 Å². The molecule has 0 atom stereocenters. The molecule has 122 valence electrons. The summed E-state index contributed by atoms with van der Waals surface area (Å²) in [6.45, 7) is 2.07. The maximum atomic E-state index is 6.15. The first-order chi connectivity index (χ1) is 11.8. The molecule has 2 nitrogen and oxygen atoms in total. The van der Waals surface area contributed by atoms with Gasteiger partial charge in [-0.3, -0.25) is 0 Å². The van der Waals surface area contributed by atoms with Crippen LogP contribution in [-0.2, 0) is 19.7 Å². The van der Waals surface area contributed by atoms with E-state index in [2.05, 4.69) is 29.6 Å². The van der Waals surface area contributed by atoms with Crippen LogP contribution in [0.15, 0.2) is 78.9 Å². The monoisotopic (exact) mass is 337 g/mol. The molecule has 0 aromatic heterocycles. The summed E-state index contributed by atoms with van der Waals surface area (Å²) in [5.74, 6) is 0.865. The van der Waals surface area contributed by atoms with E-state index in [9.17, 15) is 0 Å². The third-order valence-electron chi connectivity index (χ3n) is 3.75. The van der Waals surface area contributed by atoms with Crippen LogP contribution in [0.25, 0.3) is 0 Å². The van der Waals surface area contributed by atoms with Crippen LogP contribution in [0.3, 0.4) is 0 Å². The highest BCUT2D eigenvalue weighted by Crippen LogP contribution is 2.24. The Morgan fingerprint density at radius 3 is 2.12 bits per heavy atom. The van der Waals surface area contributed by atoms with Crippen LogP contribution in [0.5, 0.6) is 5.75 Å². The highest BCUT2D eigenvalue weighted by atomic mass is 35.5. The number of hydrogen-bond donors (Lipinski definition) is 1. The summed E-state index contributed by atoms with van der Waals surface area (Å²) in [4.78, 5) is 0. The molecule has 0 spiro atoms. The van der Waals surface area contributed by atoms with E-state index < -0.39 is 0 Å². The van der Waals surface area contributed by atoms with E-state index in [4.69, 9.17) is 16.3 Å². The van der Waals surface area contributed by atoms with E-state index in [0.29, 0.717) is 13.2 Å². The third-order valence-corrected chi connectivity index (χ3v) is 3.98. The van der Waals surface area contributed by atoms with Crippen molar-refractivity contribution in [1.29, 1.82) is 0 Å². The fourth-order valence-electron chi connectivity index (χ4n) is 2.50. The lowest BCUT2D eigenvalue weighted by molar-refractivity contribution is 0.302. The van der Waals surface area contributed by atoms with Gasteiger partial charge in [0.05, 0.1) is 0 Å². The normalized spacial score (nSPS) is 10.5. The summed E-state index contributed by atoms with van der Waals surface area (Å²) in [5.41, 5.74) is 3.47. The number of hydrogen-bond acceptors (Lipinski definition) is 2. The quantitative estimate of drug-likeness (QED) is 0.639. The molecule has 3 aromatic rings. The average molecular weight is 338 g/mol. The molecule has 0 bridgehead atoms. The molecule has 0 unspecified atom stereocenters. The van der Waals surface area contributed by atoms with Gasteiger partial charge >= 0.3 is 0 Å². The zero-order valence-electron chi connectivity index (χ0n) is 13.4. The first kappa shape index (κ1) is 16.6. The zero-order chi connectivity index (χ0) is 16.6. The number of halogens is 1. The minimum atomic E-state index is 0.550. The van der Waals surface area contributed by atoms with Crippen molar-refractivity contribution in [2.24, 2.45) is 0 Å². The predicted molar refractivity (Wildman–Crippen MR) is 99.2 cm³/mol. The molecular formula is C21H20ClNO. The lowest BCUT2D eigenvalue weighted by atomic mass is 10.1. The molecule has 0 saturated heterocycles. The lowest BCUT2D eigenvalue weighted by Gasteiger charge is -2.13. The number of nitrogens with one attached hydrogen (secondary N) is 1. The summed E-state index contributed by atoms with van der Waals surface area (Å²) in [7, 11) is 0. The van der Waals surface area contributed by atoms with Crippen LogP contribution >= 0.6 is 11.6 Å². The van der Waals surface area contributed by atoms with Crippen molar-refractivity contribution in [2.75, 3.05) is 0 Å². The first-order valence-corrected chi connectivity index (χ1v) is 8.39. The molecule has 0 aliphatic heterocycles. The van der Waals surface area contributed by atoms with Crippen molar-refractivity contribution in [1.82, 2.24) is 5.32 Å². The fraction of sp³-hybridized carbons (Fsp3) is 0.143. The van der Waals surface area contributed by atoms with Crippen LogP contribution < -0.4 is 10.1 Å². The molecule has 0 saturated carbocycles. The van der Waals surface area contributed by atoms with Crippen molar-refractivity contribution in [3.8, 4) is 5.75 Å². The number of ether oxygens (including phenoxy) is 1. The Bertz CT molecular complexity index is 759. The maximum absolute atomic E-state index is 6.15. The highest BCUT2D eigenvalue weighted by Gasteiger charge is 2.05. The summed E-state index contributed by atoms with van der Waals surface area (Å²) in [5, 5.41) is 4.17. The van der Waals surface area contributed by atoms with E-state index in [1.165, 1.54) is 5.56 Å². The molecule has 3 rings (SSSR count). The Hall–Kier alpha value is -2.29. The zero-order valence-corrected chi connectivity index (χ0v) is 14.2. The van der Waals surface area contributed by atoms with Gasteiger partial charge in [0.25, 0.3) is 0 Å². The van der Waals surface area contributed by atoms with E-state index >= 15 is 0 Å². The van der Waals surface area contributed by atoms with Gasteiger partial charge in [0.2, 0.25) is 0 Å². The summed E-state index contributed by atoms with van der Waals surface area (Å²) in [6.07, 6.45) is 0. The van der Waals surface area contributed by atoms with Gasteiger partial charge < -0.3 is 10.1 Å². The second-order valence-corrected chi connectivity index (χ2v) is 6.05. The molecule has 24 heavy (non-hydrogen) atoms. The Morgan fingerprint density at radius 2 is 1.42 bits per heavy atom. The van der Waals surface area contributed by atoms with E-state index in [0.717, 1.165) is 28.4 Å². The minimum absolute atomic E-state index is 0.550. The predicted octanol–water partition coefficient (Wildman–Crippen LogP) is 5.21. The van der Waals surface area contributed by atoms with Gasteiger partial charge in [-0.25, -0.2) is 0 Å². The topological polar surface area (TPSA) is 21.3 Å². The molecule has 0 radical (unpaired) electrons. The second kappa shape index (κ2) is 8.53. The van der Waals surface area contributed by atoms with Gasteiger partial charge in [-0.1, -0.05) is 72.3 Å². The maximum Gasteiger partial charge on any atom is 0.124 e. The van der Waals surface area contributed by atoms with Gasteiger partial charge in [-0.15, -0.1) is 0 Å². The minimum Gasteiger partial charge on any atom is -0.489 e. The van der Waals surface area contributed by atoms with Gasteiger partial charge in [0.15, 0.2) is 0 Å². The number of benzene rings is 3. The molecule has 1 N–H and O–H groups in total. The van der Waals surface area contributed by atoms with Crippen molar-refractivity contribution >= 4 is 11.6 Å². The third kappa shape index (κ3) is 4.85. The van der Waals surface area contributed by atoms with Crippen LogP contribution in [-0.4, -0.2) is 0 Å². The largest absolute Gasteiger partial charge is 0.489 e. The number of rotatable bonds is 7.